The Balaban J connectivity index is 1.91. The Labute approximate surface area is 133 Å². The van der Waals surface area contributed by atoms with Crippen molar-refractivity contribution in [2.45, 2.75) is 25.0 Å². The highest BCUT2D eigenvalue weighted by atomic mass is 35.5. The lowest BCUT2D eigenvalue weighted by Crippen LogP contribution is -2.47. The van der Waals surface area contributed by atoms with Crippen LogP contribution in [0.2, 0.25) is 10.0 Å². The second kappa shape index (κ2) is 6.79. The van der Waals surface area contributed by atoms with Crippen molar-refractivity contribution in [3.05, 3.63) is 39.9 Å². The Morgan fingerprint density at radius 3 is 2.95 bits per heavy atom. The molecule has 21 heavy (non-hydrogen) atoms. The molecule has 0 spiro atoms. The molecule has 1 aliphatic heterocycles. The molecule has 1 heterocycles. The maximum Gasteiger partial charge on any atom is 0.244 e. The first-order valence-electron chi connectivity index (χ1n) is 6.66. The third-order valence-electron chi connectivity index (χ3n) is 3.61. The largest absolute Gasteiger partial charge is 0.385 e. The van der Waals surface area contributed by atoms with Gasteiger partial charge >= 0.3 is 0 Å². The van der Waals surface area contributed by atoms with Gasteiger partial charge in [0.25, 0.3) is 0 Å². The summed E-state index contributed by atoms with van der Waals surface area (Å²) in [5.41, 5.74) is -0.297. The monoisotopic (exact) mass is 329 g/mol. The van der Waals surface area contributed by atoms with Crippen LogP contribution in [0.3, 0.4) is 0 Å². The number of ether oxygens (including phenoxy) is 1. The van der Waals surface area contributed by atoms with Crippen LogP contribution in [-0.2, 0) is 9.53 Å². The van der Waals surface area contributed by atoms with E-state index in [-0.39, 0.29) is 18.6 Å². The fourth-order valence-electron chi connectivity index (χ4n) is 2.10. The number of amides is 1. The van der Waals surface area contributed by atoms with Gasteiger partial charge in [0.05, 0.1) is 6.10 Å². The van der Waals surface area contributed by atoms with Crippen molar-refractivity contribution < 1.29 is 14.6 Å². The summed E-state index contributed by atoms with van der Waals surface area (Å²) in [7, 11) is 0. The minimum absolute atomic E-state index is 0.158. The van der Waals surface area contributed by atoms with E-state index >= 15 is 0 Å². The predicted octanol–water partition coefficient (Wildman–Crippen LogP) is 2.66. The molecule has 1 aromatic rings. The molecule has 0 aliphatic carbocycles. The lowest BCUT2D eigenvalue weighted by molar-refractivity contribution is -0.118. The van der Waals surface area contributed by atoms with Crippen LogP contribution in [0.5, 0.6) is 0 Å². The molecular formula is C15H17Cl2NO3. The Morgan fingerprint density at radius 2 is 2.33 bits per heavy atom. The first kappa shape index (κ1) is 16.3. The molecule has 0 saturated carbocycles. The van der Waals surface area contributed by atoms with Gasteiger partial charge in [0.1, 0.15) is 5.60 Å². The van der Waals surface area contributed by atoms with E-state index < -0.39 is 5.60 Å². The van der Waals surface area contributed by atoms with Crippen LogP contribution in [0.25, 0.3) is 6.08 Å². The van der Waals surface area contributed by atoms with Crippen LogP contribution in [0.4, 0.5) is 0 Å². The van der Waals surface area contributed by atoms with Crippen molar-refractivity contribution in [1.29, 1.82) is 0 Å². The molecule has 2 rings (SSSR count). The number of hydrogen-bond donors (Lipinski definition) is 2. The first-order chi connectivity index (χ1) is 9.90. The summed E-state index contributed by atoms with van der Waals surface area (Å²) in [6, 6.07) is 5.04. The lowest BCUT2D eigenvalue weighted by atomic mass is 9.97. The highest BCUT2D eigenvalue weighted by Gasteiger charge is 2.39. The summed E-state index contributed by atoms with van der Waals surface area (Å²) < 4.78 is 5.31. The van der Waals surface area contributed by atoms with E-state index in [0.717, 1.165) is 0 Å². The van der Waals surface area contributed by atoms with Crippen LogP contribution in [-0.4, -0.2) is 35.9 Å². The second-order valence-electron chi connectivity index (χ2n) is 5.08. The molecule has 114 valence electrons. The summed E-state index contributed by atoms with van der Waals surface area (Å²) in [5.74, 6) is -0.298. The number of rotatable bonds is 4. The molecule has 1 aliphatic rings. The summed E-state index contributed by atoms with van der Waals surface area (Å²) in [6.45, 7) is 2.46. The van der Waals surface area contributed by atoms with Gasteiger partial charge in [-0.05, 0) is 30.7 Å². The minimum atomic E-state index is -0.999. The number of aliphatic hydroxyl groups is 1. The molecule has 2 N–H and O–H groups in total. The van der Waals surface area contributed by atoms with E-state index in [0.29, 0.717) is 28.6 Å². The number of benzene rings is 1. The molecular weight excluding hydrogens is 313 g/mol. The molecule has 1 fully saturated rings. The number of hydrogen-bond acceptors (Lipinski definition) is 3. The standard InChI is InChI=1S/C15H17Cl2NO3/c1-10-15(20,6-7-21-10)9-18-14(19)5-3-11-2-4-12(16)8-13(11)17/h2-5,8,10,20H,6-7,9H2,1H3,(H,18,19)/b5-3+. The van der Waals surface area contributed by atoms with E-state index in [1.54, 1.807) is 31.2 Å². The third kappa shape index (κ3) is 4.20. The second-order valence-corrected chi connectivity index (χ2v) is 5.93. The quantitative estimate of drug-likeness (QED) is 0.835. The van der Waals surface area contributed by atoms with Gasteiger partial charge in [-0.25, -0.2) is 0 Å². The molecule has 6 heteroatoms. The van der Waals surface area contributed by atoms with E-state index in [4.69, 9.17) is 27.9 Å². The van der Waals surface area contributed by atoms with Crippen LogP contribution in [0.1, 0.15) is 18.9 Å². The smallest absolute Gasteiger partial charge is 0.244 e. The van der Waals surface area contributed by atoms with Gasteiger partial charge in [-0.1, -0.05) is 29.3 Å². The number of carbonyl (C=O) groups is 1. The molecule has 0 radical (unpaired) electrons. The van der Waals surface area contributed by atoms with Crippen molar-refractivity contribution in [1.82, 2.24) is 5.32 Å². The molecule has 2 unspecified atom stereocenters. The minimum Gasteiger partial charge on any atom is -0.385 e. The zero-order chi connectivity index (χ0) is 15.5. The van der Waals surface area contributed by atoms with Crippen molar-refractivity contribution in [3.8, 4) is 0 Å². The van der Waals surface area contributed by atoms with Crippen molar-refractivity contribution >= 4 is 35.2 Å². The highest BCUT2D eigenvalue weighted by molar-refractivity contribution is 6.35. The van der Waals surface area contributed by atoms with Crippen LogP contribution in [0, 0.1) is 0 Å². The van der Waals surface area contributed by atoms with Crippen molar-refractivity contribution in [2.75, 3.05) is 13.2 Å². The maximum atomic E-state index is 11.8. The van der Waals surface area contributed by atoms with Gasteiger partial charge < -0.3 is 15.2 Å². The van der Waals surface area contributed by atoms with Crippen LogP contribution in [0.15, 0.2) is 24.3 Å². The summed E-state index contributed by atoms with van der Waals surface area (Å²) in [5, 5.41) is 14.0. The summed E-state index contributed by atoms with van der Waals surface area (Å²) in [4.78, 5) is 11.8. The Kier molecular flexibility index (Phi) is 5.27. The van der Waals surface area contributed by atoms with Gasteiger partial charge in [0.15, 0.2) is 0 Å². The van der Waals surface area contributed by atoms with E-state index in [9.17, 15) is 9.90 Å². The molecule has 4 nitrogen and oxygen atoms in total. The van der Waals surface area contributed by atoms with Crippen LogP contribution >= 0.6 is 23.2 Å². The molecule has 0 bridgehead atoms. The van der Waals surface area contributed by atoms with Gasteiger partial charge in [0, 0.05) is 35.7 Å². The predicted molar refractivity (Wildman–Crippen MR) is 83.5 cm³/mol. The Hall–Kier alpha value is -1.07. The zero-order valence-electron chi connectivity index (χ0n) is 11.6. The van der Waals surface area contributed by atoms with Crippen molar-refractivity contribution in [3.63, 3.8) is 0 Å². The average Bonchev–Trinajstić information content (AvgIpc) is 2.76. The van der Waals surface area contributed by atoms with Crippen molar-refractivity contribution in [2.24, 2.45) is 0 Å². The first-order valence-corrected chi connectivity index (χ1v) is 7.41. The number of nitrogens with one attached hydrogen (secondary N) is 1. The van der Waals surface area contributed by atoms with Crippen LogP contribution < -0.4 is 5.32 Å². The van der Waals surface area contributed by atoms with Gasteiger partial charge in [-0.2, -0.15) is 0 Å². The van der Waals surface area contributed by atoms with E-state index in [1.807, 2.05) is 0 Å². The fourth-order valence-corrected chi connectivity index (χ4v) is 2.58. The SMILES string of the molecule is CC1OCCC1(O)CNC(=O)/C=C/c1ccc(Cl)cc1Cl. The molecule has 0 aromatic heterocycles. The lowest BCUT2D eigenvalue weighted by Gasteiger charge is -2.25. The summed E-state index contributed by atoms with van der Waals surface area (Å²) in [6.07, 6.45) is 3.21. The summed E-state index contributed by atoms with van der Waals surface area (Å²) >= 11 is 11.8. The van der Waals surface area contributed by atoms with Gasteiger partial charge in [0.2, 0.25) is 5.91 Å². The number of halogens is 2. The average molecular weight is 330 g/mol. The Morgan fingerprint density at radius 1 is 1.57 bits per heavy atom. The topological polar surface area (TPSA) is 58.6 Å². The number of carbonyl (C=O) groups excluding carboxylic acids is 1. The van der Waals surface area contributed by atoms with E-state index in [2.05, 4.69) is 5.32 Å². The fraction of sp³-hybridized carbons (Fsp3) is 0.400. The maximum absolute atomic E-state index is 11.8. The molecule has 1 saturated heterocycles. The molecule has 1 amide bonds. The molecule has 2 atom stereocenters. The van der Waals surface area contributed by atoms with Gasteiger partial charge in [-0.15, -0.1) is 0 Å². The van der Waals surface area contributed by atoms with E-state index in [1.165, 1.54) is 6.08 Å². The zero-order valence-corrected chi connectivity index (χ0v) is 13.1. The van der Waals surface area contributed by atoms with Gasteiger partial charge in [-0.3, -0.25) is 4.79 Å². The molecule has 1 aromatic carbocycles. The highest BCUT2D eigenvalue weighted by Crippen LogP contribution is 2.25. The normalized spacial score (nSPS) is 25.4. The Bertz CT molecular complexity index is 562. The third-order valence-corrected chi connectivity index (χ3v) is 4.17.